The van der Waals surface area contributed by atoms with E-state index in [1.807, 2.05) is 31.2 Å². The average Bonchev–Trinajstić information content (AvgIpc) is 3.00. The van der Waals surface area contributed by atoms with Crippen molar-refractivity contribution in [1.82, 2.24) is 5.32 Å². The molecule has 26 heavy (non-hydrogen) atoms. The predicted molar refractivity (Wildman–Crippen MR) is 98.0 cm³/mol. The molecule has 6 heteroatoms. The molecule has 1 atom stereocenters. The number of carbonyl (C=O) groups excluding carboxylic acids is 3. The van der Waals surface area contributed by atoms with Crippen molar-refractivity contribution in [2.45, 2.75) is 32.2 Å². The van der Waals surface area contributed by atoms with E-state index in [1.54, 1.807) is 12.1 Å². The average molecular weight is 349 g/mol. The topological polar surface area (TPSA) is 87.3 Å². The largest absolute Gasteiger partial charge is 0.346 e. The molecule has 2 aromatic rings. The Balaban J connectivity index is 1.49. The van der Waals surface area contributed by atoms with E-state index in [-0.39, 0.29) is 23.8 Å². The first-order valence-electron chi connectivity index (χ1n) is 8.66. The van der Waals surface area contributed by atoms with Gasteiger partial charge in [0.2, 0.25) is 11.8 Å². The third-order valence-corrected chi connectivity index (χ3v) is 4.86. The lowest BCUT2D eigenvalue weighted by Crippen LogP contribution is -2.27. The van der Waals surface area contributed by atoms with Gasteiger partial charge >= 0.3 is 0 Å². The fourth-order valence-electron chi connectivity index (χ4n) is 3.41. The van der Waals surface area contributed by atoms with Crippen molar-refractivity contribution < 1.29 is 14.4 Å². The number of nitrogens with one attached hydrogen (secondary N) is 3. The van der Waals surface area contributed by atoms with Crippen LogP contribution in [0.4, 0.5) is 11.4 Å². The van der Waals surface area contributed by atoms with Gasteiger partial charge in [-0.1, -0.05) is 12.1 Å². The monoisotopic (exact) mass is 349 g/mol. The number of anilines is 2. The van der Waals surface area contributed by atoms with Crippen LogP contribution in [0.5, 0.6) is 0 Å². The maximum atomic E-state index is 12.6. The summed E-state index contributed by atoms with van der Waals surface area (Å²) in [6.07, 6.45) is 1.46. The highest BCUT2D eigenvalue weighted by Gasteiger charge is 2.20. The number of hydrogen-bond donors (Lipinski definition) is 3. The Morgan fingerprint density at radius 1 is 0.962 bits per heavy atom. The standard InChI is InChI=1S/C20H19N3O3/c1-11(12-2-5-17-15(8-12)10-19(25)23-17)21-20(26)14-3-6-16-13(9-14)4-7-18(24)22-16/h2-3,5-6,8-9,11H,4,7,10H2,1H3,(H,21,26)(H,22,24)(H,23,25). The fourth-order valence-corrected chi connectivity index (χ4v) is 3.41. The minimum Gasteiger partial charge on any atom is -0.346 e. The first-order valence-corrected chi connectivity index (χ1v) is 8.66. The highest BCUT2D eigenvalue weighted by Crippen LogP contribution is 2.27. The molecule has 0 radical (unpaired) electrons. The Morgan fingerprint density at radius 3 is 2.54 bits per heavy atom. The highest BCUT2D eigenvalue weighted by atomic mass is 16.2. The molecule has 3 N–H and O–H groups in total. The molecule has 0 saturated heterocycles. The van der Waals surface area contributed by atoms with Crippen LogP contribution in [0.2, 0.25) is 0 Å². The molecular formula is C20H19N3O3. The number of hydrogen-bond acceptors (Lipinski definition) is 3. The van der Waals surface area contributed by atoms with Gasteiger partial charge in [0.15, 0.2) is 0 Å². The Kier molecular flexibility index (Phi) is 3.95. The van der Waals surface area contributed by atoms with E-state index in [9.17, 15) is 14.4 Å². The van der Waals surface area contributed by atoms with Gasteiger partial charge in [0.05, 0.1) is 12.5 Å². The Hall–Kier alpha value is -3.15. The molecule has 0 saturated carbocycles. The number of benzene rings is 2. The van der Waals surface area contributed by atoms with Gasteiger partial charge in [0.1, 0.15) is 0 Å². The SMILES string of the molecule is CC(NC(=O)c1ccc2c(c1)CCC(=O)N2)c1ccc2c(c1)CC(=O)N2. The summed E-state index contributed by atoms with van der Waals surface area (Å²) in [5.74, 6) is -0.158. The summed E-state index contributed by atoms with van der Waals surface area (Å²) in [5, 5.41) is 8.62. The van der Waals surface area contributed by atoms with E-state index in [1.165, 1.54) is 0 Å². The summed E-state index contributed by atoms with van der Waals surface area (Å²) in [5.41, 5.74) is 5.09. The van der Waals surface area contributed by atoms with Gasteiger partial charge in [0, 0.05) is 23.4 Å². The van der Waals surface area contributed by atoms with Crippen LogP contribution in [-0.2, 0) is 22.4 Å². The molecule has 2 aliphatic heterocycles. The predicted octanol–water partition coefficient (Wildman–Crippen LogP) is 2.56. The minimum absolute atomic E-state index is 0.00464. The number of rotatable bonds is 3. The molecular weight excluding hydrogens is 330 g/mol. The Bertz CT molecular complexity index is 936. The van der Waals surface area contributed by atoms with Crippen molar-refractivity contribution in [1.29, 1.82) is 0 Å². The molecule has 0 spiro atoms. The third-order valence-electron chi connectivity index (χ3n) is 4.86. The lowest BCUT2D eigenvalue weighted by atomic mass is 9.99. The molecule has 132 valence electrons. The van der Waals surface area contributed by atoms with Crippen LogP contribution in [0.1, 0.15) is 46.4 Å². The Labute approximate surface area is 151 Å². The summed E-state index contributed by atoms with van der Waals surface area (Å²) in [6, 6.07) is 10.9. The van der Waals surface area contributed by atoms with E-state index in [0.29, 0.717) is 24.8 Å². The van der Waals surface area contributed by atoms with Gasteiger partial charge < -0.3 is 16.0 Å². The molecule has 4 rings (SSSR count). The molecule has 0 bridgehead atoms. The highest BCUT2D eigenvalue weighted by molar-refractivity contribution is 5.99. The van der Waals surface area contributed by atoms with E-state index < -0.39 is 0 Å². The van der Waals surface area contributed by atoms with E-state index >= 15 is 0 Å². The van der Waals surface area contributed by atoms with Gasteiger partial charge in [-0.25, -0.2) is 0 Å². The van der Waals surface area contributed by atoms with Gasteiger partial charge in [-0.05, 0) is 54.3 Å². The second-order valence-electron chi connectivity index (χ2n) is 6.76. The lowest BCUT2D eigenvalue weighted by Gasteiger charge is -2.19. The van der Waals surface area contributed by atoms with Gasteiger partial charge in [-0.15, -0.1) is 0 Å². The maximum Gasteiger partial charge on any atom is 0.251 e. The number of fused-ring (bicyclic) bond motifs is 2. The molecule has 0 aromatic heterocycles. The maximum absolute atomic E-state index is 12.6. The van der Waals surface area contributed by atoms with E-state index in [2.05, 4.69) is 16.0 Å². The smallest absolute Gasteiger partial charge is 0.251 e. The third kappa shape index (κ3) is 3.06. The zero-order chi connectivity index (χ0) is 18.3. The number of amides is 3. The molecule has 3 amide bonds. The first kappa shape index (κ1) is 16.3. The van der Waals surface area contributed by atoms with Crippen molar-refractivity contribution in [3.05, 3.63) is 58.7 Å². The zero-order valence-electron chi connectivity index (χ0n) is 14.4. The lowest BCUT2D eigenvalue weighted by molar-refractivity contribution is -0.116. The van der Waals surface area contributed by atoms with Gasteiger partial charge in [0.25, 0.3) is 5.91 Å². The van der Waals surface area contributed by atoms with E-state index in [0.717, 1.165) is 28.1 Å². The number of carbonyl (C=O) groups is 3. The summed E-state index contributed by atoms with van der Waals surface area (Å²) >= 11 is 0. The second-order valence-corrected chi connectivity index (χ2v) is 6.76. The number of aryl methyl sites for hydroxylation is 1. The molecule has 2 heterocycles. The van der Waals surface area contributed by atoms with Crippen molar-refractivity contribution in [2.75, 3.05) is 10.6 Å². The van der Waals surface area contributed by atoms with Crippen LogP contribution in [0, 0.1) is 0 Å². The quantitative estimate of drug-likeness (QED) is 0.796. The summed E-state index contributed by atoms with van der Waals surface area (Å²) in [4.78, 5) is 35.5. The van der Waals surface area contributed by atoms with Crippen LogP contribution < -0.4 is 16.0 Å². The summed E-state index contributed by atoms with van der Waals surface area (Å²) < 4.78 is 0. The van der Waals surface area contributed by atoms with E-state index in [4.69, 9.17) is 0 Å². The van der Waals surface area contributed by atoms with Crippen molar-refractivity contribution >= 4 is 29.1 Å². The molecule has 6 nitrogen and oxygen atoms in total. The van der Waals surface area contributed by atoms with Crippen LogP contribution in [-0.4, -0.2) is 17.7 Å². The molecule has 1 unspecified atom stereocenters. The van der Waals surface area contributed by atoms with Crippen molar-refractivity contribution in [2.24, 2.45) is 0 Å². The van der Waals surface area contributed by atoms with Crippen LogP contribution in [0.15, 0.2) is 36.4 Å². The van der Waals surface area contributed by atoms with Crippen LogP contribution >= 0.6 is 0 Å². The van der Waals surface area contributed by atoms with Crippen LogP contribution in [0.25, 0.3) is 0 Å². The van der Waals surface area contributed by atoms with Crippen molar-refractivity contribution in [3.8, 4) is 0 Å². The van der Waals surface area contributed by atoms with Gasteiger partial charge in [-0.3, -0.25) is 14.4 Å². The molecule has 0 aliphatic carbocycles. The fraction of sp³-hybridized carbons (Fsp3) is 0.250. The zero-order valence-corrected chi connectivity index (χ0v) is 14.4. The summed E-state index contributed by atoms with van der Waals surface area (Å²) in [7, 11) is 0. The molecule has 0 fully saturated rings. The molecule has 2 aliphatic rings. The van der Waals surface area contributed by atoms with Crippen LogP contribution in [0.3, 0.4) is 0 Å². The second kappa shape index (κ2) is 6.29. The van der Waals surface area contributed by atoms with Gasteiger partial charge in [-0.2, -0.15) is 0 Å². The first-order chi connectivity index (χ1) is 12.5. The minimum atomic E-state index is -0.181. The van der Waals surface area contributed by atoms with Crippen molar-refractivity contribution in [3.63, 3.8) is 0 Å². The Morgan fingerprint density at radius 2 is 1.69 bits per heavy atom. The molecule has 2 aromatic carbocycles. The summed E-state index contributed by atoms with van der Waals surface area (Å²) in [6.45, 7) is 1.92. The normalized spacial score (nSPS) is 16.2.